The lowest BCUT2D eigenvalue weighted by molar-refractivity contribution is -0.124. The summed E-state index contributed by atoms with van der Waals surface area (Å²) in [7, 11) is 0. The predicted octanol–water partition coefficient (Wildman–Crippen LogP) is 0.942. The van der Waals surface area contributed by atoms with Crippen molar-refractivity contribution in [3.05, 3.63) is 0 Å². The Kier molecular flexibility index (Phi) is 5.54. The molecule has 3 heteroatoms. The van der Waals surface area contributed by atoms with Crippen LogP contribution >= 0.6 is 0 Å². The Balaban J connectivity index is 4.02. The molecule has 0 aliphatic carbocycles. The lowest BCUT2D eigenvalue weighted by Gasteiger charge is -2.17. The summed E-state index contributed by atoms with van der Waals surface area (Å²) in [5.74, 6) is -0.397. The molecule has 0 saturated heterocycles. The number of carbonyl (C=O) groups excluding carboxylic acids is 2. The normalized spacial score (nSPS) is 15.2. The van der Waals surface area contributed by atoms with E-state index in [0.717, 1.165) is 6.29 Å². The average Bonchev–Trinajstić information content (AvgIpc) is 2.04. The van der Waals surface area contributed by atoms with Gasteiger partial charge in [-0.1, -0.05) is 6.92 Å². The van der Waals surface area contributed by atoms with Crippen LogP contribution < -0.4 is 0 Å². The van der Waals surface area contributed by atoms with Crippen molar-refractivity contribution in [2.24, 2.45) is 5.92 Å². The fourth-order valence-electron chi connectivity index (χ4n) is 1.20. The number of carbonyl (C=O) groups is 2. The van der Waals surface area contributed by atoms with Gasteiger partial charge < -0.3 is 9.90 Å². The van der Waals surface area contributed by atoms with Gasteiger partial charge in [-0.15, -0.1) is 0 Å². The number of rotatable bonds is 6. The third kappa shape index (κ3) is 3.62. The minimum absolute atomic E-state index is 0.0359. The maximum atomic E-state index is 11.0. The van der Waals surface area contributed by atoms with Gasteiger partial charge in [0, 0.05) is 12.3 Å². The number of hydrogen-bond acceptors (Lipinski definition) is 3. The first-order chi connectivity index (χ1) is 5.63. The van der Waals surface area contributed by atoms with E-state index in [9.17, 15) is 14.7 Å². The maximum Gasteiger partial charge on any atom is 0.135 e. The van der Waals surface area contributed by atoms with Crippen molar-refractivity contribution in [1.82, 2.24) is 0 Å². The molecule has 0 heterocycles. The standard InChI is InChI=1S/C9H16O3/c1-3-9(12)8(7(2)11)5-4-6-10/h6,8-9,12H,3-5H2,1-2H3. The average molecular weight is 172 g/mol. The SMILES string of the molecule is CCC(O)C(CCC=O)C(C)=O. The molecule has 0 spiro atoms. The number of aliphatic hydroxyl groups excluding tert-OH is 1. The second kappa shape index (κ2) is 5.89. The molecular formula is C9H16O3. The van der Waals surface area contributed by atoms with Crippen molar-refractivity contribution in [2.75, 3.05) is 0 Å². The Morgan fingerprint density at radius 1 is 1.58 bits per heavy atom. The van der Waals surface area contributed by atoms with Crippen LogP contribution in [-0.2, 0) is 9.59 Å². The van der Waals surface area contributed by atoms with Gasteiger partial charge in [0.2, 0.25) is 0 Å². The van der Waals surface area contributed by atoms with Crippen LogP contribution in [0.1, 0.15) is 33.1 Å². The van der Waals surface area contributed by atoms with Crippen LogP contribution in [0, 0.1) is 5.92 Å². The van der Waals surface area contributed by atoms with E-state index in [-0.39, 0.29) is 11.7 Å². The fraction of sp³-hybridized carbons (Fsp3) is 0.778. The van der Waals surface area contributed by atoms with Crippen LogP contribution in [0.4, 0.5) is 0 Å². The summed E-state index contributed by atoms with van der Waals surface area (Å²) < 4.78 is 0. The Morgan fingerprint density at radius 2 is 2.17 bits per heavy atom. The van der Waals surface area contributed by atoms with E-state index < -0.39 is 6.10 Å². The molecule has 3 nitrogen and oxygen atoms in total. The molecule has 12 heavy (non-hydrogen) atoms. The van der Waals surface area contributed by atoms with Crippen LogP contribution in [0.3, 0.4) is 0 Å². The monoisotopic (exact) mass is 172 g/mol. The summed E-state index contributed by atoms with van der Waals surface area (Å²) in [6.45, 7) is 3.27. The first-order valence-corrected chi connectivity index (χ1v) is 4.25. The quantitative estimate of drug-likeness (QED) is 0.607. The van der Waals surface area contributed by atoms with Crippen molar-refractivity contribution in [2.45, 2.75) is 39.2 Å². The third-order valence-electron chi connectivity index (χ3n) is 2.00. The van der Waals surface area contributed by atoms with E-state index in [0.29, 0.717) is 19.3 Å². The molecule has 0 radical (unpaired) electrons. The summed E-state index contributed by atoms with van der Waals surface area (Å²) in [5, 5.41) is 9.38. The van der Waals surface area contributed by atoms with Crippen LogP contribution in [-0.4, -0.2) is 23.3 Å². The summed E-state index contributed by atoms with van der Waals surface area (Å²) in [4.78, 5) is 21.0. The number of hydrogen-bond donors (Lipinski definition) is 1. The van der Waals surface area contributed by atoms with Crippen molar-refractivity contribution >= 4 is 12.1 Å². The summed E-state index contributed by atoms with van der Waals surface area (Å²) >= 11 is 0. The number of Topliss-reactive ketones (excluding diaryl/α,β-unsaturated/α-hetero) is 1. The van der Waals surface area contributed by atoms with Crippen LogP contribution in [0.25, 0.3) is 0 Å². The summed E-state index contributed by atoms with van der Waals surface area (Å²) in [5.41, 5.74) is 0. The zero-order chi connectivity index (χ0) is 9.56. The van der Waals surface area contributed by atoms with Crippen molar-refractivity contribution in [3.63, 3.8) is 0 Å². The molecular weight excluding hydrogens is 156 g/mol. The van der Waals surface area contributed by atoms with Gasteiger partial charge in [0.25, 0.3) is 0 Å². The lowest BCUT2D eigenvalue weighted by Crippen LogP contribution is -2.26. The Morgan fingerprint density at radius 3 is 2.50 bits per heavy atom. The highest BCUT2D eigenvalue weighted by Crippen LogP contribution is 2.14. The van der Waals surface area contributed by atoms with Gasteiger partial charge in [-0.25, -0.2) is 0 Å². The molecule has 0 bridgehead atoms. The minimum atomic E-state index is -0.595. The topological polar surface area (TPSA) is 54.4 Å². The van der Waals surface area contributed by atoms with E-state index in [4.69, 9.17) is 0 Å². The maximum absolute atomic E-state index is 11.0. The molecule has 0 aromatic rings. The Bertz CT molecular complexity index is 154. The van der Waals surface area contributed by atoms with Crippen molar-refractivity contribution < 1.29 is 14.7 Å². The molecule has 0 fully saturated rings. The first kappa shape index (κ1) is 11.3. The van der Waals surface area contributed by atoms with Crippen molar-refractivity contribution in [3.8, 4) is 0 Å². The van der Waals surface area contributed by atoms with E-state index in [2.05, 4.69) is 0 Å². The molecule has 1 N–H and O–H groups in total. The predicted molar refractivity (Wildman–Crippen MR) is 45.8 cm³/mol. The Hall–Kier alpha value is -0.700. The van der Waals surface area contributed by atoms with E-state index in [1.165, 1.54) is 6.92 Å². The van der Waals surface area contributed by atoms with Crippen LogP contribution in [0.15, 0.2) is 0 Å². The second-order valence-corrected chi connectivity index (χ2v) is 2.94. The molecule has 70 valence electrons. The molecule has 0 saturated carbocycles. The number of ketones is 1. The molecule has 0 aliphatic heterocycles. The molecule has 0 aromatic heterocycles. The van der Waals surface area contributed by atoms with Gasteiger partial charge in [0.05, 0.1) is 6.10 Å². The summed E-state index contributed by atoms with van der Waals surface area (Å²) in [6.07, 6.45) is 1.55. The van der Waals surface area contributed by atoms with Gasteiger partial charge in [-0.05, 0) is 19.8 Å². The smallest absolute Gasteiger partial charge is 0.135 e. The molecule has 0 amide bonds. The highest BCUT2D eigenvalue weighted by Gasteiger charge is 2.21. The third-order valence-corrected chi connectivity index (χ3v) is 2.00. The molecule has 0 rings (SSSR count). The lowest BCUT2D eigenvalue weighted by atomic mass is 9.92. The van der Waals surface area contributed by atoms with Gasteiger partial charge in [-0.3, -0.25) is 4.79 Å². The van der Waals surface area contributed by atoms with Gasteiger partial charge in [-0.2, -0.15) is 0 Å². The molecule has 0 aromatic carbocycles. The van der Waals surface area contributed by atoms with Crippen molar-refractivity contribution in [1.29, 1.82) is 0 Å². The minimum Gasteiger partial charge on any atom is -0.392 e. The zero-order valence-corrected chi connectivity index (χ0v) is 7.62. The highest BCUT2D eigenvalue weighted by atomic mass is 16.3. The molecule has 0 aliphatic rings. The number of aliphatic hydroxyl groups is 1. The van der Waals surface area contributed by atoms with E-state index >= 15 is 0 Å². The number of aldehydes is 1. The first-order valence-electron chi connectivity index (χ1n) is 4.25. The van der Waals surface area contributed by atoms with Gasteiger partial charge in [0.15, 0.2) is 0 Å². The zero-order valence-electron chi connectivity index (χ0n) is 7.62. The van der Waals surface area contributed by atoms with E-state index in [1.54, 1.807) is 0 Å². The Labute approximate surface area is 72.8 Å². The highest BCUT2D eigenvalue weighted by molar-refractivity contribution is 5.79. The van der Waals surface area contributed by atoms with Crippen LogP contribution in [0.5, 0.6) is 0 Å². The fourth-order valence-corrected chi connectivity index (χ4v) is 1.20. The van der Waals surface area contributed by atoms with Gasteiger partial charge in [0.1, 0.15) is 12.1 Å². The van der Waals surface area contributed by atoms with E-state index in [1.807, 2.05) is 6.92 Å². The van der Waals surface area contributed by atoms with Gasteiger partial charge >= 0.3 is 0 Å². The van der Waals surface area contributed by atoms with Crippen LogP contribution in [0.2, 0.25) is 0 Å². The summed E-state index contributed by atoms with van der Waals surface area (Å²) in [6, 6.07) is 0. The largest absolute Gasteiger partial charge is 0.392 e. The molecule has 2 unspecified atom stereocenters. The second-order valence-electron chi connectivity index (χ2n) is 2.94. The molecule has 2 atom stereocenters.